The number of rotatable bonds is 5. The minimum Gasteiger partial charge on any atom is -0.457 e. The van der Waals surface area contributed by atoms with Gasteiger partial charge >= 0.3 is 12.1 Å². The maximum atomic E-state index is 14.7. The summed E-state index contributed by atoms with van der Waals surface area (Å²) in [6.07, 6.45) is 6.39. The summed E-state index contributed by atoms with van der Waals surface area (Å²) < 4.78 is 32.2. The summed E-state index contributed by atoms with van der Waals surface area (Å²) in [5.41, 5.74) is 2.20. The Kier molecular flexibility index (Phi) is 11.2. The molecule has 5 aliphatic heterocycles. The third-order valence-electron chi connectivity index (χ3n) is 10.0. The van der Waals surface area contributed by atoms with E-state index in [0.29, 0.717) is 50.6 Å². The maximum Gasteiger partial charge on any atom is 0.410 e. The second-order valence-electron chi connectivity index (χ2n) is 13.5. The summed E-state index contributed by atoms with van der Waals surface area (Å²) in [6.45, 7) is 11.5. The number of hydrogen-bond acceptors (Lipinski definition) is 8. The molecule has 1 amide bonds. The smallest absolute Gasteiger partial charge is 0.410 e. The summed E-state index contributed by atoms with van der Waals surface area (Å²) in [5.74, 6) is -0.665. The van der Waals surface area contributed by atoms with Crippen LogP contribution < -0.4 is 4.90 Å². The van der Waals surface area contributed by atoms with Gasteiger partial charge in [0.15, 0.2) is 0 Å². The number of hydrogen-bond donors (Lipinski definition) is 1. The molecule has 0 aromatic heterocycles. The Morgan fingerprint density at radius 3 is 2.49 bits per heavy atom. The molecule has 2 bridgehead atoms. The molecule has 45 heavy (non-hydrogen) atoms. The largest absolute Gasteiger partial charge is 0.457 e. The van der Waals surface area contributed by atoms with Gasteiger partial charge in [0.25, 0.3) is 0 Å². The fraction of sp³-hybridized carbons (Fsp3) is 0.657. The number of benzene rings is 1. The van der Waals surface area contributed by atoms with Crippen LogP contribution >= 0.6 is 0 Å². The number of aliphatic hydroxyl groups excluding tert-OH is 1. The number of carbonyl (C=O) groups excluding carboxylic acids is 2. The number of esters is 1. The maximum absolute atomic E-state index is 14.7. The number of carbonyl (C=O) groups is 2. The highest BCUT2D eigenvalue weighted by atomic mass is 19.1. The summed E-state index contributed by atoms with van der Waals surface area (Å²) in [4.78, 5) is 32.6. The Bertz CT molecular complexity index is 1240. The number of likely N-dealkylation sites (N-methyl/N-ethyl adjacent to an activating group) is 1. The van der Waals surface area contributed by atoms with E-state index in [4.69, 9.17) is 14.2 Å². The van der Waals surface area contributed by atoms with Crippen molar-refractivity contribution in [2.75, 3.05) is 57.9 Å². The minimum atomic E-state index is -0.867. The van der Waals surface area contributed by atoms with Gasteiger partial charge in [-0.05, 0) is 92.9 Å². The summed E-state index contributed by atoms with van der Waals surface area (Å²) >= 11 is 0. The fourth-order valence-electron chi connectivity index (χ4n) is 7.19. The third kappa shape index (κ3) is 8.65. The zero-order chi connectivity index (χ0) is 32.1. The molecule has 1 aromatic rings. The van der Waals surface area contributed by atoms with Crippen molar-refractivity contribution in [3.8, 4) is 0 Å². The second-order valence-corrected chi connectivity index (χ2v) is 13.5. The molecule has 0 radical (unpaired) electrons. The van der Waals surface area contributed by atoms with Crippen molar-refractivity contribution in [1.29, 1.82) is 0 Å². The van der Waals surface area contributed by atoms with Crippen molar-refractivity contribution in [2.24, 2.45) is 17.8 Å². The Hall–Kier alpha value is -2.95. The first-order valence-corrected chi connectivity index (χ1v) is 16.6. The molecule has 4 saturated heterocycles. The average Bonchev–Trinajstić information content (AvgIpc) is 3.03. The summed E-state index contributed by atoms with van der Waals surface area (Å²) in [6, 6.07) is 5.08. The Morgan fingerprint density at radius 2 is 1.80 bits per heavy atom. The summed E-state index contributed by atoms with van der Waals surface area (Å²) in [7, 11) is 1.84. The van der Waals surface area contributed by atoms with E-state index < -0.39 is 24.3 Å². The van der Waals surface area contributed by atoms with Gasteiger partial charge in [0.2, 0.25) is 0 Å². The zero-order valence-corrected chi connectivity index (χ0v) is 27.2. The van der Waals surface area contributed by atoms with Gasteiger partial charge in [0.05, 0.1) is 31.8 Å². The van der Waals surface area contributed by atoms with Crippen LogP contribution in [-0.4, -0.2) is 104 Å². The molecule has 6 atom stereocenters. The fourth-order valence-corrected chi connectivity index (χ4v) is 7.19. The first-order valence-electron chi connectivity index (χ1n) is 16.6. The van der Waals surface area contributed by atoms with E-state index in [1.54, 1.807) is 4.90 Å². The van der Waals surface area contributed by atoms with E-state index in [1.807, 2.05) is 52.1 Å². The number of ether oxygens (including phenoxy) is 3. The van der Waals surface area contributed by atoms with Crippen LogP contribution in [0.25, 0.3) is 6.08 Å². The molecule has 0 spiro atoms. The van der Waals surface area contributed by atoms with E-state index in [0.717, 1.165) is 43.7 Å². The molecule has 1 N–H and O–H groups in total. The highest BCUT2D eigenvalue weighted by Crippen LogP contribution is 2.32. The number of fused-ring (bicyclic) bond motifs is 3. The Morgan fingerprint density at radius 1 is 1.07 bits per heavy atom. The minimum absolute atomic E-state index is 0.0663. The van der Waals surface area contributed by atoms with Crippen LogP contribution in [0, 0.1) is 23.6 Å². The molecule has 5 heterocycles. The zero-order valence-electron chi connectivity index (χ0n) is 27.2. The lowest BCUT2D eigenvalue weighted by molar-refractivity contribution is -0.151. The van der Waals surface area contributed by atoms with Crippen molar-refractivity contribution in [1.82, 2.24) is 9.80 Å². The van der Waals surface area contributed by atoms with Crippen molar-refractivity contribution in [3.63, 3.8) is 0 Å². The lowest BCUT2D eigenvalue weighted by Crippen LogP contribution is -2.58. The van der Waals surface area contributed by atoms with Crippen LogP contribution in [0.4, 0.5) is 14.9 Å². The van der Waals surface area contributed by atoms with Gasteiger partial charge in [0.1, 0.15) is 18.0 Å². The first-order chi connectivity index (χ1) is 21.6. The summed E-state index contributed by atoms with van der Waals surface area (Å²) in [5, 5.41) is 10.7. The van der Waals surface area contributed by atoms with Gasteiger partial charge in [-0.2, -0.15) is 0 Å². The topological polar surface area (TPSA) is 91.8 Å². The van der Waals surface area contributed by atoms with Crippen LogP contribution in [0.3, 0.4) is 0 Å². The van der Waals surface area contributed by atoms with Crippen LogP contribution in [-0.2, 0) is 19.0 Å². The predicted octanol–water partition coefficient (Wildman–Crippen LogP) is 4.88. The van der Waals surface area contributed by atoms with E-state index in [2.05, 4.69) is 9.80 Å². The molecule has 1 unspecified atom stereocenters. The van der Waals surface area contributed by atoms with E-state index in [-0.39, 0.29) is 36.2 Å². The van der Waals surface area contributed by atoms with Crippen molar-refractivity contribution in [3.05, 3.63) is 47.3 Å². The van der Waals surface area contributed by atoms with Gasteiger partial charge in [-0.25, -0.2) is 9.18 Å². The molecular weight excluding hydrogens is 577 g/mol. The first kappa shape index (κ1) is 33.4. The van der Waals surface area contributed by atoms with Gasteiger partial charge in [-0.15, -0.1) is 0 Å². The van der Waals surface area contributed by atoms with Gasteiger partial charge in [-0.3, -0.25) is 4.79 Å². The SMILES string of the molecule is C/C(=C\c1cc(F)cc(N2CCOCC2)c1)[C@H]1OC(=O)C[C@H](O)CC[C@H](C)[C@H](OC(=O)N(C)C2CN3CCC2CC3)/C=C/[C@@H]1C. The highest BCUT2D eigenvalue weighted by molar-refractivity contribution is 5.71. The van der Waals surface area contributed by atoms with E-state index >= 15 is 0 Å². The molecule has 5 aliphatic rings. The highest BCUT2D eigenvalue weighted by Gasteiger charge is 2.39. The lowest BCUT2D eigenvalue weighted by Gasteiger charge is -2.47. The number of morpholine rings is 1. The van der Waals surface area contributed by atoms with E-state index in [1.165, 1.54) is 12.1 Å². The van der Waals surface area contributed by atoms with Crippen LogP contribution in [0.15, 0.2) is 35.9 Å². The molecule has 248 valence electrons. The molecule has 6 rings (SSSR count). The van der Waals surface area contributed by atoms with Gasteiger partial charge < -0.3 is 34.0 Å². The molecule has 0 aliphatic carbocycles. The number of piperidine rings is 3. The van der Waals surface area contributed by atoms with Crippen molar-refractivity contribution < 1.29 is 33.3 Å². The number of anilines is 1. The number of aliphatic hydroxyl groups is 1. The van der Waals surface area contributed by atoms with Crippen molar-refractivity contribution >= 4 is 23.8 Å². The number of cyclic esters (lactones) is 1. The number of amides is 1. The molecular formula is C35H50FN3O6. The van der Waals surface area contributed by atoms with Gasteiger partial charge in [0, 0.05) is 38.3 Å². The van der Waals surface area contributed by atoms with Crippen LogP contribution in [0.2, 0.25) is 0 Å². The Labute approximate surface area is 267 Å². The average molecular weight is 628 g/mol. The van der Waals surface area contributed by atoms with Gasteiger partial charge in [-0.1, -0.05) is 26.0 Å². The normalized spacial score (nSPS) is 33.9. The van der Waals surface area contributed by atoms with Crippen LogP contribution in [0.1, 0.15) is 58.4 Å². The number of nitrogens with zero attached hydrogens (tertiary/aromatic N) is 3. The molecule has 1 aromatic carbocycles. The predicted molar refractivity (Wildman–Crippen MR) is 171 cm³/mol. The quantitative estimate of drug-likeness (QED) is 0.365. The lowest BCUT2D eigenvalue weighted by atomic mass is 9.83. The van der Waals surface area contributed by atoms with Crippen molar-refractivity contribution in [2.45, 2.75) is 77.2 Å². The third-order valence-corrected chi connectivity index (χ3v) is 10.0. The van der Waals surface area contributed by atoms with E-state index in [9.17, 15) is 19.1 Å². The Balaban J connectivity index is 1.35. The second kappa shape index (κ2) is 15.1. The molecule has 0 saturated carbocycles. The molecule has 9 nitrogen and oxygen atoms in total. The molecule has 4 fully saturated rings. The molecule has 10 heteroatoms. The standard InChI is InChI=1S/C35H50FN3O6/c1-23-5-7-30(40)21-33(41)45-34(25(3)17-26-18-28(36)20-29(19-26)39-13-15-43-16-14-39)24(2)6-8-32(23)44-35(42)37(4)31-22-38-11-9-27(31)10-12-38/h6,8,17-20,23-24,27,30-32,34,40H,5,7,9-16,21-22H2,1-4H3/b8-6+,25-17+/t23-,24-,30+,31?,32+,34-/m0/s1. The van der Waals surface area contributed by atoms with Crippen LogP contribution in [0.5, 0.6) is 0 Å². The monoisotopic (exact) mass is 627 g/mol. The number of halogens is 1.